The molecule has 2 aromatic rings. The number of aryl methyl sites for hydroxylation is 1. The van der Waals surface area contributed by atoms with Crippen LogP contribution in [0.1, 0.15) is 16.2 Å². The lowest BCUT2D eigenvalue weighted by atomic mass is 10.1. The zero-order chi connectivity index (χ0) is 14.0. The van der Waals surface area contributed by atoms with Gasteiger partial charge >= 0.3 is 5.97 Å². The Morgan fingerprint density at radius 3 is 2.89 bits per heavy atom. The summed E-state index contributed by atoms with van der Waals surface area (Å²) in [7, 11) is 1.28. The predicted octanol–water partition coefficient (Wildman–Crippen LogP) is 2.97. The van der Waals surface area contributed by atoms with Crippen molar-refractivity contribution in [2.75, 3.05) is 7.11 Å². The molecule has 8 heteroatoms. The van der Waals surface area contributed by atoms with Gasteiger partial charge in [-0.15, -0.1) is 0 Å². The number of pyridine rings is 1. The molecule has 0 bridgehead atoms. The third kappa shape index (κ3) is 2.92. The fraction of sp³-hybridized carbons (Fsp3) is 0.182. The Hall–Kier alpha value is -1.08. The number of ether oxygens (including phenoxy) is 1. The molecule has 2 heterocycles. The van der Waals surface area contributed by atoms with Crippen LogP contribution in [0.4, 0.5) is 4.39 Å². The van der Waals surface area contributed by atoms with Gasteiger partial charge in [0.25, 0.3) is 0 Å². The zero-order valence-corrected chi connectivity index (χ0v) is 13.3. The Bertz CT molecular complexity index is 632. The number of methoxy groups -OCH3 is 1. The average molecular weight is 393 g/mol. The summed E-state index contributed by atoms with van der Waals surface area (Å²) in [6.45, 7) is 1.78. The number of aromatic nitrogens is 3. The first-order chi connectivity index (χ1) is 9.06. The van der Waals surface area contributed by atoms with Crippen molar-refractivity contribution in [2.45, 2.75) is 6.92 Å². The quantitative estimate of drug-likeness (QED) is 0.457. The highest BCUT2D eigenvalue weighted by atomic mass is 127. The minimum absolute atomic E-state index is 0.163. The molecule has 0 saturated heterocycles. The lowest BCUT2D eigenvalue weighted by Gasteiger charge is -2.05. The fourth-order valence-electron chi connectivity index (χ4n) is 1.58. The van der Waals surface area contributed by atoms with E-state index in [0.717, 1.165) is 6.20 Å². The highest BCUT2D eigenvalue weighted by Crippen LogP contribution is 2.33. The number of rotatable bonds is 3. The second-order valence-electron chi connectivity index (χ2n) is 3.71. The van der Waals surface area contributed by atoms with Crippen LogP contribution in [-0.4, -0.2) is 27.6 Å². The molecule has 1 atom stereocenters. The molecule has 1 unspecified atom stereocenters. The molecule has 0 amide bonds. The van der Waals surface area contributed by atoms with Crippen molar-refractivity contribution in [2.24, 2.45) is 0 Å². The van der Waals surface area contributed by atoms with Crippen LogP contribution in [0, 0.1) is 12.7 Å². The minimum atomic E-state index is -0.541. The van der Waals surface area contributed by atoms with Crippen molar-refractivity contribution in [1.29, 1.82) is 0 Å². The van der Waals surface area contributed by atoms with Crippen LogP contribution in [0.2, 0.25) is 0 Å². The number of carbonyl (C=O) groups excluding carboxylic acids is 1. The average Bonchev–Trinajstić information content (AvgIpc) is 2.84. The molecule has 0 aromatic carbocycles. The number of nitrogens with zero attached hydrogens (tertiary/aromatic N) is 3. The molecule has 0 spiro atoms. The van der Waals surface area contributed by atoms with E-state index in [-0.39, 0.29) is 12.1 Å². The van der Waals surface area contributed by atoms with Crippen LogP contribution in [0.25, 0.3) is 11.3 Å². The van der Waals surface area contributed by atoms with Gasteiger partial charge in [0.15, 0.2) is 11.5 Å². The van der Waals surface area contributed by atoms with E-state index in [1.165, 1.54) is 13.2 Å². The molecule has 0 N–H and O–H groups in total. The maximum atomic E-state index is 13.8. The molecule has 19 heavy (non-hydrogen) atoms. The number of halogens is 2. The first kappa shape index (κ1) is 14.3. The van der Waals surface area contributed by atoms with Gasteiger partial charge in [-0.25, -0.2) is 13.6 Å². The van der Waals surface area contributed by atoms with Gasteiger partial charge in [-0.3, -0.25) is 4.98 Å². The van der Waals surface area contributed by atoms with Crippen molar-refractivity contribution >= 4 is 34.4 Å². The van der Waals surface area contributed by atoms with E-state index in [2.05, 4.69) is 36.9 Å². The fourth-order valence-corrected chi connectivity index (χ4v) is 3.11. The van der Waals surface area contributed by atoms with Crippen LogP contribution in [0.3, 0.4) is 0 Å². The molecule has 0 fully saturated rings. The van der Waals surface area contributed by atoms with Crippen LogP contribution in [0.15, 0.2) is 18.3 Å². The molecule has 0 aliphatic carbocycles. The monoisotopic (exact) mass is 393 g/mol. The summed E-state index contributed by atoms with van der Waals surface area (Å²) in [5.74, 6) is -0.987. The SMILES string of the molecule is COC(=O)c1cc(-c2cc(C)ncc2F)n(PI)n1. The summed E-state index contributed by atoms with van der Waals surface area (Å²) in [6, 6.07) is 3.15. The Morgan fingerprint density at radius 1 is 1.53 bits per heavy atom. The third-order valence-electron chi connectivity index (χ3n) is 2.45. The van der Waals surface area contributed by atoms with Crippen molar-refractivity contribution in [1.82, 2.24) is 14.5 Å². The second kappa shape index (κ2) is 5.92. The highest BCUT2D eigenvalue weighted by Gasteiger charge is 2.18. The molecule has 0 aliphatic heterocycles. The number of hydrogen-bond donors (Lipinski definition) is 0. The maximum Gasteiger partial charge on any atom is 0.358 e. The van der Waals surface area contributed by atoms with Gasteiger partial charge in [-0.1, -0.05) is 0 Å². The molecule has 5 nitrogen and oxygen atoms in total. The van der Waals surface area contributed by atoms with Gasteiger partial charge in [-0.2, -0.15) is 5.10 Å². The highest BCUT2D eigenvalue weighted by molar-refractivity contribution is 14.2. The van der Waals surface area contributed by atoms with E-state index < -0.39 is 11.8 Å². The van der Waals surface area contributed by atoms with Crippen molar-refractivity contribution in [3.05, 3.63) is 35.5 Å². The zero-order valence-electron chi connectivity index (χ0n) is 10.1. The molecular formula is C11H10FIN3O2P. The Labute approximate surface area is 123 Å². The van der Waals surface area contributed by atoms with Gasteiger partial charge in [0.1, 0.15) is 0 Å². The molecule has 0 aliphatic rings. The summed E-state index contributed by atoms with van der Waals surface area (Å²) in [4.78, 5) is 15.4. The number of hydrogen-bond acceptors (Lipinski definition) is 4. The van der Waals surface area contributed by atoms with Crippen LogP contribution < -0.4 is 0 Å². The van der Waals surface area contributed by atoms with E-state index in [9.17, 15) is 9.18 Å². The number of esters is 1. The lowest BCUT2D eigenvalue weighted by molar-refractivity contribution is 0.0594. The Morgan fingerprint density at radius 2 is 2.26 bits per heavy atom. The molecular weight excluding hydrogens is 383 g/mol. The summed E-state index contributed by atoms with van der Waals surface area (Å²) in [6.07, 6.45) is 1.41. The molecule has 2 rings (SSSR count). The Kier molecular flexibility index (Phi) is 4.46. The topological polar surface area (TPSA) is 57.0 Å². The summed E-state index contributed by atoms with van der Waals surface area (Å²) >= 11 is 2.11. The smallest absolute Gasteiger partial charge is 0.358 e. The van der Waals surface area contributed by atoms with E-state index >= 15 is 0 Å². The van der Waals surface area contributed by atoms with Crippen LogP contribution >= 0.6 is 28.4 Å². The van der Waals surface area contributed by atoms with Crippen molar-refractivity contribution in [3.8, 4) is 11.3 Å². The van der Waals surface area contributed by atoms with Crippen LogP contribution in [0.5, 0.6) is 0 Å². The van der Waals surface area contributed by atoms with E-state index in [4.69, 9.17) is 0 Å². The Balaban J connectivity index is 2.57. The molecule has 0 saturated carbocycles. The van der Waals surface area contributed by atoms with Gasteiger partial charge in [-0.05, 0) is 41.1 Å². The van der Waals surface area contributed by atoms with Gasteiger partial charge in [0.05, 0.1) is 25.4 Å². The standard InChI is InChI=1S/C11H10FIN3O2P/c1-6-3-7(8(12)5-14-6)10-4-9(11(17)18-2)15-16(10)19-13/h3-5,19H,1-2H3. The first-order valence-electron chi connectivity index (χ1n) is 5.24. The first-order valence-corrected chi connectivity index (χ1v) is 9.30. The molecule has 100 valence electrons. The predicted molar refractivity (Wildman–Crippen MR) is 79.2 cm³/mol. The van der Waals surface area contributed by atoms with Gasteiger partial charge in [0.2, 0.25) is 0 Å². The van der Waals surface area contributed by atoms with Crippen molar-refractivity contribution in [3.63, 3.8) is 0 Å². The molecule has 2 aromatic heterocycles. The normalized spacial score (nSPS) is 11.2. The summed E-state index contributed by atoms with van der Waals surface area (Å²) in [5.41, 5.74) is 1.77. The summed E-state index contributed by atoms with van der Waals surface area (Å²) < 4.78 is 20.0. The molecule has 0 radical (unpaired) electrons. The third-order valence-corrected chi connectivity index (χ3v) is 4.32. The van der Waals surface area contributed by atoms with E-state index in [1.807, 2.05) is 0 Å². The van der Waals surface area contributed by atoms with E-state index in [0.29, 0.717) is 17.0 Å². The minimum Gasteiger partial charge on any atom is -0.464 e. The summed E-state index contributed by atoms with van der Waals surface area (Å²) in [5, 5.41) is 4.11. The van der Waals surface area contributed by atoms with Crippen LogP contribution in [-0.2, 0) is 4.74 Å². The van der Waals surface area contributed by atoms with Gasteiger partial charge in [0, 0.05) is 11.3 Å². The van der Waals surface area contributed by atoms with E-state index in [1.54, 1.807) is 17.4 Å². The second-order valence-corrected chi connectivity index (χ2v) is 5.75. The maximum absolute atomic E-state index is 13.8. The van der Waals surface area contributed by atoms with Gasteiger partial charge < -0.3 is 4.74 Å². The largest absolute Gasteiger partial charge is 0.464 e. The lowest BCUT2D eigenvalue weighted by Crippen LogP contribution is -2.01. The number of carbonyl (C=O) groups is 1. The van der Waals surface area contributed by atoms with Crippen molar-refractivity contribution < 1.29 is 13.9 Å².